The first-order valence-corrected chi connectivity index (χ1v) is 8.99. The van der Waals surface area contributed by atoms with Crippen molar-refractivity contribution >= 4 is 40.1 Å². The highest BCUT2D eigenvalue weighted by Crippen LogP contribution is 2.38. The molecule has 0 radical (unpaired) electrons. The normalized spacial score (nSPS) is 11.9. The molecule has 4 nitrogen and oxygen atoms in total. The molecule has 0 saturated heterocycles. The van der Waals surface area contributed by atoms with Crippen LogP contribution in [0.4, 0.5) is 18.9 Å². The predicted molar refractivity (Wildman–Crippen MR) is 109 cm³/mol. The van der Waals surface area contributed by atoms with Crippen molar-refractivity contribution in [2.45, 2.75) is 13.1 Å². The molecule has 150 valence electrons. The third-order valence-corrected chi connectivity index (χ3v) is 4.47. The van der Waals surface area contributed by atoms with Gasteiger partial charge >= 0.3 is 6.18 Å². The summed E-state index contributed by atoms with van der Waals surface area (Å²) in [6, 6.07) is 11.4. The monoisotopic (exact) mass is 420 g/mol. The fraction of sp³-hybridized carbons (Fsp3) is 0.143. The van der Waals surface area contributed by atoms with Gasteiger partial charge in [0.15, 0.2) is 5.78 Å². The zero-order valence-corrected chi connectivity index (χ0v) is 16.0. The molecule has 0 bridgehead atoms. The van der Waals surface area contributed by atoms with Gasteiger partial charge in [0.2, 0.25) is 0 Å². The highest BCUT2D eigenvalue weighted by Gasteiger charge is 2.34. The van der Waals surface area contributed by atoms with Crippen molar-refractivity contribution in [3.8, 4) is 0 Å². The van der Waals surface area contributed by atoms with Crippen molar-refractivity contribution < 1.29 is 18.0 Å². The van der Waals surface area contributed by atoms with Crippen molar-refractivity contribution in [1.82, 2.24) is 4.98 Å². The van der Waals surface area contributed by atoms with Crippen LogP contribution in [0.5, 0.6) is 0 Å². The Kier molecular flexibility index (Phi) is 5.79. The molecule has 0 aliphatic carbocycles. The smallest absolute Gasteiger partial charge is 0.380 e. The number of fused-ring (bicyclic) bond motifs is 1. The molecule has 0 aliphatic heterocycles. The van der Waals surface area contributed by atoms with Crippen LogP contribution in [0.15, 0.2) is 53.3 Å². The summed E-state index contributed by atoms with van der Waals surface area (Å²) in [5.41, 5.74) is -1.70. The van der Waals surface area contributed by atoms with Gasteiger partial charge in [-0.25, -0.2) is 0 Å². The van der Waals surface area contributed by atoms with Gasteiger partial charge in [-0.15, -0.1) is 0 Å². The molecule has 0 unspecified atom stereocenters. The Morgan fingerprint density at radius 1 is 1.21 bits per heavy atom. The maximum atomic E-state index is 13.4. The number of anilines is 1. The van der Waals surface area contributed by atoms with Crippen LogP contribution in [0.1, 0.15) is 28.4 Å². The van der Waals surface area contributed by atoms with E-state index in [9.17, 15) is 22.8 Å². The second kappa shape index (κ2) is 8.13. The minimum atomic E-state index is -4.73. The van der Waals surface area contributed by atoms with Crippen LogP contribution >= 0.6 is 11.6 Å². The van der Waals surface area contributed by atoms with Crippen LogP contribution < -0.4 is 10.9 Å². The number of Topliss-reactive ketones (excluding diaryl/α,β-unsaturated/α-hetero) is 1. The third kappa shape index (κ3) is 4.51. The van der Waals surface area contributed by atoms with E-state index < -0.39 is 28.6 Å². The first-order chi connectivity index (χ1) is 13.7. The van der Waals surface area contributed by atoms with E-state index in [1.165, 1.54) is 13.0 Å². The van der Waals surface area contributed by atoms with E-state index in [0.29, 0.717) is 0 Å². The summed E-state index contributed by atoms with van der Waals surface area (Å²) >= 11 is 5.90. The molecule has 3 rings (SSSR count). The van der Waals surface area contributed by atoms with Crippen LogP contribution in [0, 0.1) is 0 Å². The Morgan fingerprint density at radius 2 is 1.90 bits per heavy atom. The standard InChI is InChI=1S/C21H16ClF3N2O2/c1-12(28)17-19(26-9-5-8-13-6-3-2-4-7-13)15-10-14(22)11-16(21(23,24)25)18(15)27-20(17)29/h2-8,10-11H,9H2,1H3,(H2,26,27,29)/b8-5+. The minimum absolute atomic E-state index is 0.0157. The van der Waals surface area contributed by atoms with Gasteiger partial charge in [-0.3, -0.25) is 9.59 Å². The molecule has 1 aromatic heterocycles. The number of halogens is 4. The molecule has 2 aromatic carbocycles. The summed E-state index contributed by atoms with van der Waals surface area (Å²) < 4.78 is 40.3. The largest absolute Gasteiger partial charge is 0.418 e. The average molecular weight is 421 g/mol. The van der Waals surface area contributed by atoms with Crippen molar-refractivity contribution in [3.63, 3.8) is 0 Å². The molecule has 0 saturated carbocycles. The first-order valence-electron chi connectivity index (χ1n) is 8.61. The summed E-state index contributed by atoms with van der Waals surface area (Å²) in [7, 11) is 0. The van der Waals surface area contributed by atoms with Gasteiger partial charge in [-0.05, 0) is 24.6 Å². The van der Waals surface area contributed by atoms with Gasteiger partial charge in [-0.1, -0.05) is 54.1 Å². The number of aromatic nitrogens is 1. The number of benzene rings is 2. The van der Waals surface area contributed by atoms with Crippen LogP contribution in [0.3, 0.4) is 0 Å². The van der Waals surface area contributed by atoms with Gasteiger partial charge in [0, 0.05) is 17.0 Å². The van der Waals surface area contributed by atoms with Crippen molar-refractivity contribution in [1.29, 1.82) is 0 Å². The number of nitrogens with one attached hydrogen (secondary N) is 2. The first kappa shape index (κ1) is 20.7. The number of hydrogen-bond donors (Lipinski definition) is 2. The zero-order valence-electron chi connectivity index (χ0n) is 15.2. The molecular formula is C21H16ClF3N2O2. The van der Waals surface area contributed by atoms with E-state index >= 15 is 0 Å². The molecule has 1 heterocycles. The molecule has 0 amide bonds. The topological polar surface area (TPSA) is 62.0 Å². The molecule has 8 heteroatoms. The van der Waals surface area contributed by atoms with Gasteiger partial charge in [0.25, 0.3) is 5.56 Å². The lowest BCUT2D eigenvalue weighted by molar-refractivity contribution is -0.136. The number of rotatable bonds is 5. The third-order valence-electron chi connectivity index (χ3n) is 4.25. The van der Waals surface area contributed by atoms with Crippen LogP contribution in [-0.2, 0) is 6.18 Å². The van der Waals surface area contributed by atoms with E-state index in [1.807, 2.05) is 36.4 Å². The summed E-state index contributed by atoms with van der Waals surface area (Å²) in [5.74, 6) is -0.573. The second-order valence-corrected chi connectivity index (χ2v) is 6.76. The van der Waals surface area contributed by atoms with Gasteiger partial charge in [0.05, 0.1) is 16.8 Å². The highest BCUT2D eigenvalue weighted by molar-refractivity contribution is 6.31. The number of carbonyl (C=O) groups is 1. The fourth-order valence-corrected chi connectivity index (χ4v) is 3.24. The molecule has 3 aromatic rings. The summed E-state index contributed by atoms with van der Waals surface area (Å²) in [5, 5.41) is 2.76. The fourth-order valence-electron chi connectivity index (χ4n) is 3.03. The van der Waals surface area contributed by atoms with Crippen molar-refractivity contribution in [2.24, 2.45) is 0 Å². The maximum absolute atomic E-state index is 13.4. The lowest BCUT2D eigenvalue weighted by atomic mass is 10.0. The van der Waals surface area contributed by atoms with Crippen molar-refractivity contribution in [3.05, 3.63) is 80.6 Å². The van der Waals surface area contributed by atoms with Gasteiger partial charge in [-0.2, -0.15) is 13.2 Å². The van der Waals surface area contributed by atoms with Crippen LogP contribution in [0.2, 0.25) is 5.02 Å². The molecule has 0 atom stereocenters. The lowest BCUT2D eigenvalue weighted by Gasteiger charge is -2.16. The number of carbonyl (C=O) groups excluding carboxylic acids is 1. The number of ketones is 1. The predicted octanol–water partition coefficient (Wildman–Crippen LogP) is 5.53. The summed E-state index contributed by atoms with van der Waals surface area (Å²) in [4.78, 5) is 26.6. The van der Waals surface area contributed by atoms with E-state index in [1.54, 1.807) is 6.08 Å². The molecule has 2 N–H and O–H groups in total. The van der Waals surface area contributed by atoms with E-state index in [2.05, 4.69) is 10.3 Å². The number of pyridine rings is 1. The SMILES string of the molecule is CC(=O)c1c(NC/C=C/c2ccccc2)c2cc(Cl)cc(C(F)(F)F)c2[nH]c1=O. The van der Waals surface area contributed by atoms with E-state index in [-0.39, 0.29) is 28.2 Å². The zero-order chi connectivity index (χ0) is 21.2. The Morgan fingerprint density at radius 3 is 2.52 bits per heavy atom. The maximum Gasteiger partial charge on any atom is 0.418 e. The van der Waals surface area contributed by atoms with Gasteiger partial charge < -0.3 is 10.3 Å². The molecule has 0 aliphatic rings. The molecule has 29 heavy (non-hydrogen) atoms. The molecule has 0 spiro atoms. The van der Waals surface area contributed by atoms with Crippen molar-refractivity contribution in [2.75, 3.05) is 11.9 Å². The average Bonchev–Trinajstić information content (AvgIpc) is 2.64. The Bertz CT molecular complexity index is 1150. The highest BCUT2D eigenvalue weighted by atomic mass is 35.5. The number of hydrogen-bond acceptors (Lipinski definition) is 3. The Labute approximate surface area is 169 Å². The number of alkyl halides is 3. The minimum Gasteiger partial charge on any atom is -0.380 e. The van der Waals surface area contributed by atoms with E-state index in [4.69, 9.17) is 11.6 Å². The van der Waals surface area contributed by atoms with Gasteiger partial charge in [0.1, 0.15) is 5.56 Å². The Balaban J connectivity index is 2.11. The van der Waals surface area contributed by atoms with Crippen LogP contribution in [-0.4, -0.2) is 17.3 Å². The lowest BCUT2D eigenvalue weighted by Crippen LogP contribution is -2.21. The van der Waals surface area contributed by atoms with E-state index in [0.717, 1.165) is 11.6 Å². The number of H-pyrrole nitrogens is 1. The molecule has 0 fully saturated rings. The quantitative estimate of drug-likeness (QED) is 0.533. The summed E-state index contributed by atoms with van der Waals surface area (Å²) in [6.07, 6.45) is -1.18. The number of aromatic amines is 1. The Hall–Kier alpha value is -3.06. The van der Waals surface area contributed by atoms with Crippen LogP contribution in [0.25, 0.3) is 17.0 Å². The molecular weight excluding hydrogens is 405 g/mol. The summed E-state index contributed by atoms with van der Waals surface area (Å²) in [6.45, 7) is 1.36. The second-order valence-electron chi connectivity index (χ2n) is 6.33.